The molecule has 1 aromatic carbocycles. The topological polar surface area (TPSA) is 153 Å². The minimum absolute atomic E-state index is 0.0408. The molecule has 196 valence electrons. The number of nitrogens with zero attached hydrogens (tertiary/aromatic N) is 7. The fourth-order valence-electron chi connectivity index (χ4n) is 3.56. The molecule has 4 aromatic rings. The SMILES string of the molecule is CCn1ccc(CC(CNc2ccc(C(=O)O)cn2)NC(=O)/C=C/c2c(-n3cnnn3)ccc(Cl)c2F)n1. The first-order chi connectivity index (χ1) is 18.3. The van der Waals surface area contributed by atoms with Gasteiger partial charge in [-0.3, -0.25) is 9.48 Å². The molecule has 4 rings (SSSR count). The Morgan fingerprint density at radius 1 is 1.24 bits per heavy atom. The summed E-state index contributed by atoms with van der Waals surface area (Å²) < 4.78 is 17.9. The van der Waals surface area contributed by atoms with E-state index in [-0.39, 0.29) is 22.7 Å². The van der Waals surface area contributed by atoms with Gasteiger partial charge in [0.05, 0.1) is 28.0 Å². The van der Waals surface area contributed by atoms with Crippen LogP contribution in [0.3, 0.4) is 0 Å². The first kappa shape index (κ1) is 26.4. The summed E-state index contributed by atoms with van der Waals surface area (Å²) in [5.74, 6) is -1.84. The molecule has 12 nitrogen and oxygen atoms in total. The lowest BCUT2D eigenvalue weighted by molar-refractivity contribution is -0.117. The summed E-state index contributed by atoms with van der Waals surface area (Å²) in [5.41, 5.74) is 1.17. The van der Waals surface area contributed by atoms with Gasteiger partial charge in [0.15, 0.2) is 5.82 Å². The van der Waals surface area contributed by atoms with Gasteiger partial charge in [0.25, 0.3) is 0 Å². The molecule has 0 spiro atoms. The average Bonchev–Trinajstić information content (AvgIpc) is 3.61. The molecule has 0 radical (unpaired) electrons. The lowest BCUT2D eigenvalue weighted by Gasteiger charge is -2.18. The molecule has 0 bridgehead atoms. The summed E-state index contributed by atoms with van der Waals surface area (Å²) >= 11 is 5.95. The second-order valence-corrected chi connectivity index (χ2v) is 8.48. The van der Waals surface area contributed by atoms with E-state index in [9.17, 15) is 14.0 Å². The fourth-order valence-corrected chi connectivity index (χ4v) is 3.73. The molecular weight excluding hydrogens is 517 g/mol. The number of nitrogens with one attached hydrogen (secondary N) is 2. The van der Waals surface area contributed by atoms with E-state index in [0.29, 0.717) is 24.5 Å². The normalized spacial score (nSPS) is 12.0. The van der Waals surface area contributed by atoms with Crippen LogP contribution in [0.15, 0.2) is 55.1 Å². The van der Waals surface area contributed by atoms with Crippen LogP contribution < -0.4 is 10.6 Å². The Kier molecular flexibility index (Phi) is 8.38. The smallest absolute Gasteiger partial charge is 0.337 e. The van der Waals surface area contributed by atoms with Gasteiger partial charge in [-0.15, -0.1) is 5.10 Å². The highest BCUT2D eigenvalue weighted by molar-refractivity contribution is 6.31. The number of aromatic nitrogens is 7. The standard InChI is InChI=1S/C24H23ClFN9O3/c1-2-34-10-9-16(31-34)11-17(13-28-21-7-3-15(12-27-21)24(37)38)30-22(36)8-4-18-20(35-14-29-32-33-35)6-5-19(25)23(18)26/h3-10,12,14,17H,2,11,13H2,1H3,(H,27,28)(H,30,36)(H,37,38)/b8-4+. The maximum atomic E-state index is 14.8. The van der Waals surface area contributed by atoms with E-state index in [1.165, 1.54) is 47.6 Å². The summed E-state index contributed by atoms with van der Waals surface area (Å²) in [5, 5.41) is 30.3. The van der Waals surface area contributed by atoms with Crippen molar-refractivity contribution in [3.05, 3.63) is 82.8 Å². The van der Waals surface area contributed by atoms with E-state index in [0.717, 1.165) is 5.69 Å². The first-order valence-electron chi connectivity index (χ1n) is 11.5. The number of hydrogen-bond acceptors (Lipinski definition) is 8. The van der Waals surface area contributed by atoms with Crippen molar-refractivity contribution >= 4 is 35.4 Å². The molecule has 1 atom stereocenters. The van der Waals surface area contributed by atoms with Crippen molar-refractivity contribution in [3.8, 4) is 5.69 Å². The second-order valence-electron chi connectivity index (χ2n) is 8.07. The lowest BCUT2D eigenvalue weighted by Crippen LogP contribution is -2.40. The van der Waals surface area contributed by atoms with Crippen LogP contribution in [-0.4, -0.2) is 64.5 Å². The summed E-state index contributed by atoms with van der Waals surface area (Å²) in [7, 11) is 0. The molecule has 1 amide bonds. The minimum atomic E-state index is -1.08. The van der Waals surface area contributed by atoms with Gasteiger partial charge in [0.2, 0.25) is 5.91 Å². The van der Waals surface area contributed by atoms with Crippen LogP contribution in [0.5, 0.6) is 0 Å². The predicted octanol–water partition coefficient (Wildman–Crippen LogP) is 2.62. The predicted molar refractivity (Wildman–Crippen MR) is 136 cm³/mol. The number of benzene rings is 1. The molecule has 0 fully saturated rings. The summed E-state index contributed by atoms with van der Waals surface area (Å²) in [6.45, 7) is 2.93. The van der Waals surface area contributed by atoms with E-state index < -0.39 is 23.7 Å². The number of anilines is 1. The van der Waals surface area contributed by atoms with E-state index >= 15 is 0 Å². The number of aryl methyl sites for hydroxylation is 1. The maximum Gasteiger partial charge on any atom is 0.337 e. The third-order valence-corrected chi connectivity index (χ3v) is 5.76. The van der Waals surface area contributed by atoms with Crippen molar-refractivity contribution in [2.45, 2.75) is 25.9 Å². The molecule has 38 heavy (non-hydrogen) atoms. The van der Waals surface area contributed by atoms with Gasteiger partial charge >= 0.3 is 5.97 Å². The number of carbonyl (C=O) groups is 2. The molecule has 3 heterocycles. The van der Waals surface area contributed by atoms with Crippen LogP contribution in [0, 0.1) is 5.82 Å². The number of aromatic carboxylic acids is 1. The number of hydrogen-bond donors (Lipinski definition) is 3. The van der Waals surface area contributed by atoms with Gasteiger partial charge in [-0.1, -0.05) is 11.6 Å². The Balaban J connectivity index is 1.50. The molecule has 14 heteroatoms. The Bertz CT molecular complexity index is 1440. The number of amides is 1. The largest absolute Gasteiger partial charge is 0.478 e. The number of rotatable bonds is 11. The van der Waals surface area contributed by atoms with Crippen molar-refractivity contribution in [1.29, 1.82) is 0 Å². The number of carboxylic acid groups (broad SMARTS) is 1. The molecule has 1 unspecified atom stereocenters. The zero-order valence-electron chi connectivity index (χ0n) is 20.1. The lowest BCUT2D eigenvalue weighted by atomic mass is 10.1. The van der Waals surface area contributed by atoms with Crippen molar-refractivity contribution in [2.75, 3.05) is 11.9 Å². The molecule has 0 aliphatic carbocycles. The number of carbonyl (C=O) groups excluding carboxylic acids is 1. The molecule has 3 aromatic heterocycles. The Morgan fingerprint density at radius 2 is 2.08 bits per heavy atom. The molecular formula is C24H23ClFN9O3. The first-order valence-corrected chi connectivity index (χ1v) is 11.9. The molecule has 0 saturated carbocycles. The van der Waals surface area contributed by atoms with Gasteiger partial charge in [0, 0.05) is 43.5 Å². The minimum Gasteiger partial charge on any atom is -0.478 e. The fraction of sp³-hybridized carbons (Fsp3) is 0.208. The Morgan fingerprint density at radius 3 is 2.74 bits per heavy atom. The third kappa shape index (κ3) is 6.56. The van der Waals surface area contributed by atoms with Crippen LogP contribution in [-0.2, 0) is 17.8 Å². The van der Waals surface area contributed by atoms with Gasteiger partial charge in [-0.05, 0) is 53.8 Å². The van der Waals surface area contributed by atoms with Crippen molar-refractivity contribution < 1.29 is 19.1 Å². The summed E-state index contributed by atoms with van der Waals surface area (Å²) in [6.07, 6.45) is 7.28. The monoisotopic (exact) mass is 539 g/mol. The highest BCUT2D eigenvalue weighted by Gasteiger charge is 2.16. The van der Waals surface area contributed by atoms with Crippen molar-refractivity contribution in [2.24, 2.45) is 0 Å². The average molecular weight is 540 g/mol. The van der Waals surface area contributed by atoms with E-state index in [4.69, 9.17) is 16.7 Å². The number of halogens is 2. The molecule has 3 N–H and O–H groups in total. The second kappa shape index (κ2) is 12.1. The highest BCUT2D eigenvalue weighted by Crippen LogP contribution is 2.25. The van der Waals surface area contributed by atoms with E-state index in [1.807, 2.05) is 19.2 Å². The zero-order valence-corrected chi connectivity index (χ0v) is 20.9. The van der Waals surface area contributed by atoms with Crippen molar-refractivity contribution in [1.82, 2.24) is 40.3 Å². The third-order valence-electron chi connectivity index (χ3n) is 5.47. The number of pyridine rings is 1. The van der Waals surface area contributed by atoms with E-state index in [1.54, 1.807) is 10.7 Å². The van der Waals surface area contributed by atoms with E-state index in [2.05, 4.69) is 36.2 Å². The summed E-state index contributed by atoms with van der Waals surface area (Å²) in [4.78, 5) is 28.0. The van der Waals surface area contributed by atoms with Gasteiger partial charge in [0.1, 0.15) is 12.1 Å². The summed E-state index contributed by atoms with van der Waals surface area (Å²) in [6, 6.07) is 7.31. The van der Waals surface area contributed by atoms with Crippen LogP contribution >= 0.6 is 11.6 Å². The van der Waals surface area contributed by atoms with Gasteiger partial charge < -0.3 is 15.7 Å². The number of tetrazole rings is 1. The van der Waals surface area contributed by atoms with Crippen LogP contribution in [0.4, 0.5) is 10.2 Å². The molecule has 0 saturated heterocycles. The highest BCUT2D eigenvalue weighted by atomic mass is 35.5. The van der Waals surface area contributed by atoms with Gasteiger partial charge in [-0.2, -0.15) is 9.78 Å². The quantitative estimate of drug-likeness (QED) is 0.244. The Labute approximate surface area is 221 Å². The van der Waals surface area contributed by atoms with Gasteiger partial charge in [-0.25, -0.2) is 14.2 Å². The van der Waals surface area contributed by atoms with Crippen LogP contribution in [0.25, 0.3) is 11.8 Å². The van der Waals surface area contributed by atoms with Crippen LogP contribution in [0.2, 0.25) is 5.02 Å². The maximum absolute atomic E-state index is 14.8. The molecule has 0 aliphatic heterocycles. The number of carboxylic acids is 1. The zero-order chi connectivity index (χ0) is 27.1. The van der Waals surface area contributed by atoms with Crippen LogP contribution in [0.1, 0.15) is 28.5 Å². The molecule has 0 aliphatic rings. The van der Waals surface area contributed by atoms with Crippen molar-refractivity contribution in [3.63, 3.8) is 0 Å². The Hall–Kier alpha value is -4.65.